The molecule has 3 N–H and O–H groups in total. The molecule has 0 radical (unpaired) electrons. The molecule has 1 saturated heterocycles. The number of nitrogens with two attached hydrogens (primary N) is 1. The summed E-state index contributed by atoms with van der Waals surface area (Å²) in [5.41, 5.74) is 5.85. The van der Waals surface area contributed by atoms with Crippen LogP contribution in [0.1, 0.15) is 39.5 Å². The Kier molecular flexibility index (Phi) is 3.57. The van der Waals surface area contributed by atoms with E-state index in [9.17, 15) is 5.11 Å². The van der Waals surface area contributed by atoms with Gasteiger partial charge in [0, 0.05) is 24.7 Å². The molecule has 2 aliphatic rings. The Morgan fingerprint density at radius 1 is 1.31 bits per heavy atom. The highest BCUT2D eigenvalue weighted by atomic mass is 16.3. The monoisotopic (exact) mass is 226 g/mol. The largest absolute Gasteiger partial charge is 0.394 e. The van der Waals surface area contributed by atoms with Crippen LogP contribution in [0.4, 0.5) is 0 Å². The molecule has 16 heavy (non-hydrogen) atoms. The van der Waals surface area contributed by atoms with Crippen LogP contribution in [0.2, 0.25) is 0 Å². The Hall–Kier alpha value is -0.120. The fourth-order valence-corrected chi connectivity index (χ4v) is 3.59. The molecule has 0 amide bonds. The van der Waals surface area contributed by atoms with E-state index in [1.165, 1.54) is 19.5 Å². The molecule has 4 unspecified atom stereocenters. The average Bonchev–Trinajstić information content (AvgIpc) is 2.61. The molecule has 1 saturated carbocycles. The molecule has 0 aromatic rings. The normalized spacial score (nSPS) is 46.1. The van der Waals surface area contributed by atoms with E-state index in [1.807, 2.05) is 0 Å². The highest BCUT2D eigenvalue weighted by Gasteiger charge is 2.39. The third-order valence-corrected chi connectivity index (χ3v) is 4.35. The van der Waals surface area contributed by atoms with E-state index in [0.717, 1.165) is 31.1 Å². The maximum atomic E-state index is 9.30. The predicted molar refractivity (Wildman–Crippen MR) is 66.2 cm³/mol. The molecule has 0 spiro atoms. The minimum absolute atomic E-state index is 0.141. The van der Waals surface area contributed by atoms with Gasteiger partial charge in [0.15, 0.2) is 0 Å². The van der Waals surface area contributed by atoms with Gasteiger partial charge in [-0.25, -0.2) is 0 Å². The van der Waals surface area contributed by atoms with E-state index in [2.05, 4.69) is 18.7 Å². The van der Waals surface area contributed by atoms with Crippen LogP contribution < -0.4 is 5.73 Å². The third kappa shape index (κ3) is 2.58. The molecule has 1 aliphatic heterocycles. The molecule has 1 aliphatic carbocycles. The second-order valence-electron chi connectivity index (χ2n) is 6.32. The van der Waals surface area contributed by atoms with E-state index in [0.29, 0.717) is 6.04 Å². The van der Waals surface area contributed by atoms with Crippen molar-refractivity contribution >= 4 is 0 Å². The SMILES string of the molecule is CC1CC(C)CN(C2CCC(N)(CO)C2)C1. The number of piperidine rings is 1. The Balaban J connectivity index is 1.93. The highest BCUT2D eigenvalue weighted by molar-refractivity contribution is 4.98. The van der Waals surface area contributed by atoms with Gasteiger partial charge in [-0.1, -0.05) is 13.8 Å². The zero-order valence-corrected chi connectivity index (χ0v) is 10.7. The summed E-state index contributed by atoms with van der Waals surface area (Å²) < 4.78 is 0. The number of nitrogens with zero attached hydrogens (tertiary/aromatic N) is 1. The van der Waals surface area contributed by atoms with Gasteiger partial charge in [0.2, 0.25) is 0 Å². The number of rotatable bonds is 2. The van der Waals surface area contributed by atoms with Crippen LogP contribution in [0, 0.1) is 11.8 Å². The van der Waals surface area contributed by atoms with Crippen LogP contribution in [-0.2, 0) is 0 Å². The lowest BCUT2D eigenvalue weighted by Gasteiger charge is -2.39. The molecule has 0 aromatic carbocycles. The highest BCUT2D eigenvalue weighted by Crippen LogP contribution is 2.34. The summed E-state index contributed by atoms with van der Waals surface area (Å²) in [6, 6.07) is 0.613. The van der Waals surface area contributed by atoms with Crippen LogP contribution >= 0.6 is 0 Å². The van der Waals surface area contributed by atoms with Crippen LogP contribution in [0.3, 0.4) is 0 Å². The maximum Gasteiger partial charge on any atom is 0.0611 e. The summed E-state index contributed by atoms with van der Waals surface area (Å²) in [4.78, 5) is 2.61. The second kappa shape index (κ2) is 4.63. The molecule has 2 fully saturated rings. The zero-order valence-electron chi connectivity index (χ0n) is 10.7. The van der Waals surface area contributed by atoms with Gasteiger partial charge in [0.05, 0.1) is 6.61 Å². The van der Waals surface area contributed by atoms with Crippen molar-refractivity contribution in [2.75, 3.05) is 19.7 Å². The van der Waals surface area contributed by atoms with Crippen molar-refractivity contribution < 1.29 is 5.11 Å². The third-order valence-electron chi connectivity index (χ3n) is 4.35. The maximum absolute atomic E-state index is 9.30. The fourth-order valence-electron chi connectivity index (χ4n) is 3.59. The van der Waals surface area contributed by atoms with E-state index in [1.54, 1.807) is 0 Å². The van der Waals surface area contributed by atoms with Crippen molar-refractivity contribution in [3.8, 4) is 0 Å². The van der Waals surface area contributed by atoms with Gasteiger partial charge in [-0.2, -0.15) is 0 Å². The molecule has 3 heteroatoms. The average molecular weight is 226 g/mol. The van der Waals surface area contributed by atoms with Crippen LogP contribution in [0.5, 0.6) is 0 Å². The molecule has 0 aromatic heterocycles. The van der Waals surface area contributed by atoms with Crippen molar-refractivity contribution in [1.29, 1.82) is 0 Å². The topological polar surface area (TPSA) is 49.5 Å². The fraction of sp³-hybridized carbons (Fsp3) is 1.00. The Morgan fingerprint density at radius 3 is 2.44 bits per heavy atom. The first-order valence-electron chi connectivity index (χ1n) is 6.66. The quantitative estimate of drug-likeness (QED) is 0.744. The summed E-state index contributed by atoms with van der Waals surface area (Å²) in [5.74, 6) is 1.62. The molecule has 2 rings (SSSR count). The molecule has 1 heterocycles. The summed E-state index contributed by atoms with van der Waals surface area (Å²) in [6.45, 7) is 7.27. The first-order chi connectivity index (χ1) is 7.52. The Bertz CT molecular complexity index is 236. The minimum atomic E-state index is -0.297. The molecular formula is C13H26N2O. The molecule has 94 valence electrons. The van der Waals surface area contributed by atoms with Gasteiger partial charge in [0.1, 0.15) is 0 Å². The van der Waals surface area contributed by atoms with Crippen LogP contribution in [0.25, 0.3) is 0 Å². The summed E-state index contributed by atoms with van der Waals surface area (Å²) >= 11 is 0. The summed E-state index contributed by atoms with van der Waals surface area (Å²) in [5, 5.41) is 9.30. The Morgan fingerprint density at radius 2 is 1.94 bits per heavy atom. The first-order valence-corrected chi connectivity index (χ1v) is 6.66. The van der Waals surface area contributed by atoms with E-state index in [4.69, 9.17) is 5.73 Å². The van der Waals surface area contributed by atoms with Gasteiger partial charge in [-0.3, -0.25) is 4.90 Å². The van der Waals surface area contributed by atoms with Crippen molar-refractivity contribution in [3.05, 3.63) is 0 Å². The van der Waals surface area contributed by atoms with Crippen molar-refractivity contribution in [1.82, 2.24) is 4.90 Å². The number of aliphatic hydroxyl groups excluding tert-OH is 1. The van der Waals surface area contributed by atoms with Crippen molar-refractivity contribution in [3.63, 3.8) is 0 Å². The van der Waals surface area contributed by atoms with Gasteiger partial charge in [0.25, 0.3) is 0 Å². The van der Waals surface area contributed by atoms with Crippen LogP contribution in [-0.4, -0.2) is 41.3 Å². The molecule has 4 atom stereocenters. The number of aliphatic hydroxyl groups is 1. The lowest BCUT2D eigenvalue weighted by Crippen LogP contribution is -2.47. The van der Waals surface area contributed by atoms with Crippen LogP contribution in [0.15, 0.2) is 0 Å². The summed E-state index contributed by atoms with van der Waals surface area (Å²) in [7, 11) is 0. The van der Waals surface area contributed by atoms with E-state index < -0.39 is 0 Å². The van der Waals surface area contributed by atoms with Gasteiger partial charge in [-0.15, -0.1) is 0 Å². The zero-order chi connectivity index (χ0) is 11.8. The minimum Gasteiger partial charge on any atom is -0.394 e. The Labute approximate surface area is 99.0 Å². The second-order valence-corrected chi connectivity index (χ2v) is 6.32. The van der Waals surface area contributed by atoms with E-state index >= 15 is 0 Å². The van der Waals surface area contributed by atoms with E-state index in [-0.39, 0.29) is 12.1 Å². The standard InChI is InChI=1S/C13H26N2O/c1-10-5-11(2)8-15(7-10)12-3-4-13(14,6-12)9-16/h10-12,16H,3-9,14H2,1-2H3. The summed E-state index contributed by atoms with van der Waals surface area (Å²) in [6.07, 6.45) is 4.48. The van der Waals surface area contributed by atoms with Gasteiger partial charge < -0.3 is 10.8 Å². The predicted octanol–water partition coefficient (Wildman–Crippen LogP) is 1.21. The molecule has 3 nitrogen and oxygen atoms in total. The van der Waals surface area contributed by atoms with Gasteiger partial charge >= 0.3 is 0 Å². The number of hydrogen-bond donors (Lipinski definition) is 2. The smallest absolute Gasteiger partial charge is 0.0611 e. The molecular weight excluding hydrogens is 200 g/mol. The first kappa shape index (κ1) is 12.3. The number of likely N-dealkylation sites (tertiary alicyclic amines) is 1. The lowest BCUT2D eigenvalue weighted by atomic mass is 9.90. The molecule has 0 bridgehead atoms. The van der Waals surface area contributed by atoms with Crippen molar-refractivity contribution in [2.45, 2.75) is 51.1 Å². The van der Waals surface area contributed by atoms with Crippen molar-refractivity contribution in [2.24, 2.45) is 17.6 Å². The number of hydrogen-bond acceptors (Lipinski definition) is 3. The lowest BCUT2D eigenvalue weighted by molar-refractivity contribution is 0.0909. The van der Waals surface area contributed by atoms with Gasteiger partial charge in [-0.05, 0) is 37.5 Å².